The van der Waals surface area contributed by atoms with Crippen LogP contribution in [-0.2, 0) is 0 Å². The predicted octanol–water partition coefficient (Wildman–Crippen LogP) is 3.37. The number of benzene rings is 1. The second-order valence-electron chi connectivity index (χ2n) is 4.66. The quantitative estimate of drug-likeness (QED) is 0.614. The molecule has 2 rings (SSSR count). The van der Waals surface area contributed by atoms with Crippen LogP contribution in [0.4, 0.5) is 0 Å². The molecule has 0 amide bonds. The van der Waals surface area contributed by atoms with Crippen molar-refractivity contribution in [1.82, 2.24) is 5.43 Å². The second-order valence-corrected chi connectivity index (χ2v) is 4.66. The van der Waals surface area contributed by atoms with Gasteiger partial charge in [-0.05, 0) is 18.4 Å². The van der Waals surface area contributed by atoms with Gasteiger partial charge < -0.3 is 4.42 Å². The number of hydrogen-bond donors (Lipinski definition) is 2. The van der Waals surface area contributed by atoms with Gasteiger partial charge in [0.05, 0.1) is 6.26 Å². The van der Waals surface area contributed by atoms with Crippen LogP contribution in [0.2, 0.25) is 0 Å². The first-order chi connectivity index (χ1) is 8.26. The van der Waals surface area contributed by atoms with Crippen LogP contribution in [0.5, 0.6) is 0 Å². The van der Waals surface area contributed by atoms with Gasteiger partial charge in [0.2, 0.25) is 0 Å². The summed E-state index contributed by atoms with van der Waals surface area (Å²) in [5.41, 5.74) is 4.98. The molecule has 0 spiro atoms. The number of fused-ring (bicyclic) bond motifs is 1. The van der Waals surface area contributed by atoms with Crippen LogP contribution in [0.15, 0.2) is 34.9 Å². The number of furan rings is 1. The minimum Gasteiger partial charge on any atom is -0.464 e. The molecule has 2 unspecified atom stereocenters. The van der Waals surface area contributed by atoms with E-state index in [0.717, 1.165) is 29.4 Å². The van der Waals surface area contributed by atoms with Crippen molar-refractivity contribution in [3.05, 3.63) is 36.1 Å². The van der Waals surface area contributed by atoms with E-state index in [1.165, 1.54) is 0 Å². The third kappa shape index (κ3) is 2.51. The molecule has 1 aromatic heterocycles. The number of hydrazine groups is 1. The Kier molecular flexibility index (Phi) is 3.82. The van der Waals surface area contributed by atoms with E-state index in [0.29, 0.717) is 5.92 Å². The minimum absolute atomic E-state index is 0.161. The Labute approximate surface area is 102 Å². The fourth-order valence-corrected chi connectivity index (χ4v) is 2.12. The number of nitrogens with one attached hydrogen (secondary N) is 1. The number of rotatable bonds is 5. The number of hydrogen-bond acceptors (Lipinski definition) is 3. The zero-order valence-electron chi connectivity index (χ0n) is 10.4. The van der Waals surface area contributed by atoms with E-state index in [1.54, 1.807) is 0 Å². The standard InChI is InChI=1S/C14H20N2O/c1-3-10(2)8-13(16-15)12-9-17-14-7-5-4-6-11(12)14/h4-7,9-10,13,16H,3,8,15H2,1-2H3. The lowest BCUT2D eigenvalue weighted by molar-refractivity contribution is 0.406. The molecule has 0 radical (unpaired) electrons. The van der Waals surface area contributed by atoms with E-state index in [9.17, 15) is 0 Å². The van der Waals surface area contributed by atoms with Crippen LogP contribution in [0.3, 0.4) is 0 Å². The molecule has 3 heteroatoms. The first-order valence-electron chi connectivity index (χ1n) is 6.18. The Bertz CT molecular complexity index is 478. The molecule has 1 aromatic carbocycles. The molecule has 0 saturated carbocycles. The Balaban J connectivity index is 2.30. The van der Waals surface area contributed by atoms with Gasteiger partial charge in [-0.15, -0.1) is 0 Å². The summed E-state index contributed by atoms with van der Waals surface area (Å²) >= 11 is 0. The SMILES string of the molecule is CCC(C)CC(NN)c1coc2ccccc12. The van der Waals surface area contributed by atoms with E-state index in [4.69, 9.17) is 10.3 Å². The van der Waals surface area contributed by atoms with Gasteiger partial charge >= 0.3 is 0 Å². The average molecular weight is 232 g/mol. The molecule has 3 nitrogen and oxygen atoms in total. The summed E-state index contributed by atoms with van der Waals surface area (Å²) in [5, 5.41) is 1.15. The molecule has 0 aliphatic carbocycles. The fourth-order valence-electron chi connectivity index (χ4n) is 2.12. The molecular weight excluding hydrogens is 212 g/mol. The molecule has 3 N–H and O–H groups in total. The second kappa shape index (κ2) is 5.34. The first kappa shape index (κ1) is 12.1. The van der Waals surface area contributed by atoms with E-state index in [-0.39, 0.29) is 6.04 Å². The van der Waals surface area contributed by atoms with Gasteiger partial charge in [0.25, 0.3) is 0 Å². The maximum Gasteiger partial charge on any atom is 0.134 e. The maximum absolute atomic E-state index is 5.67. The van der Waals surface area contributed by atoms with Crippen molar-refractivity contribution in [3.63, 3.8) is 0 Å². The monoisotopic (exact) mass is 232 g/mol. The summed E-state index contributed by atoms with van der Waals surface area (Å²) in [7, 11) is 0. The van der Waals surface area contributed by atoms with Crippen molar-refractivity contribution in [2.24, 2.45) is 11.8 Å². The van der Waals surface area contributed by atoms with E-state index in [2.05, 4.69) is 25.3 Å². The van der Waals surface area contributed by atoms with Crippen molar-refractivity contribution >= 4 is 11.0 Å². The lowest BCUT2D eigenvalue weighted by Crippen LogP contribution is -2.29. The number of para-hydroxylation sites is 1. The minimum atomic E-state index is 0.161. The predicted molar refractivity (Wildman–Crippen MR) is 70.4 cm³/mol. The molecule has 0 bridgehead atoms. The van der Waals surface area contributed by atoms with Gasteiger partial charge in [0.15, 0.2) is 0 Å². The zero-order chi connectivity index (χ0) is 12.3. The molecule has 92 valence electrons. The normalized spacial score (nSPS) is 15.0. The van der Waals surface area contributed by atoms with Crippen molar-refractivity contribution < 1.29 is 4.42 Å². The van der Waals surface area contributed by atoms with Gasteiger partial charge in [-0.2, -0.15) is 0 Å². The molecule has 0 fully saturated rings. The van der Waals surface area contributed by atoms with Crippen LogP contribution in [0.1, 0.15) is 38.3 Å². The Morgan fingerprint density at radius 1 is 1.35 bits per heavy atom. The zero-order valence-corrected chi connectivity index (χ0v) is 10.4. The molecule has 17 heavy (non-hydrogen) atoms. The van der Waals surface area contributed by atoms with Crippen molar-refractivity contribution in [3.8, 4) is 0 Å². The van der Waals surface area contributed by atoms with Crippen molar-refractivity contribution in [1.29, 1.82) is 0 Å². The van der Waals surface area contributed by atoms with E-state index >= 15 is 0 Å². The van der Waals surface area contributed by atoms with Gasteiger partial charge in [0, 0.05) is 17.0 Å². The Hall–Kier alpha value is -1.32. The molecule has 0 aliphatic rings. The Morgan fingerprint density at radius 2 is 2.12 bits per heavy atom. The van der Waals surface area contributed by atoms with Gasteiger partial charge in [0.1, 0.15) is 5.58 Å². The van der Waals surface area contributed by atoms with Crippen molar-refractivity contribution in [2.75, 3.05) is 0 Å². The fraction of sp³-hybridized carbons (Fsp3) is 0.429. The highest BCUT2D eigenvalue weighted by Crippen LogP contribution is 2.30. The molecule has 2 aromatic rings. The molecular formula is C14H20N2O. The largest absolute Gasteiger partial charge is 0.464 e. The van der Waals surface area contributed by atoms with Crippen LogP contribution >= 0.6 is 0 Å². The molecule has 2 atom stereocenters. The van der Waals surface area contributed by atoms with Crippen molar-refractivity contribution in [2.45, 2.75) is 32.7 Å². The maximum atomic E-state index is 5.67. The molecule has 1 heterocycles. The third-order valence-electron chi connectivity index (χ3n) is 3.42. The summed E-state index contributed by atoms with van der Waals surface area (Å²) in [6, 6.07) is 8.23. The Morgan fingerprint density at radius 3 is 2.82 bits per heavy atom. The van der Waals surface area contributed by atoms with Gasteiger partial charge in [-0.25, -0.2) is 0 Å². The molecule has 0 aliphatic heterocycles. The average Bonchev–Trinajstić information content (AvgIpc) is 2.79. The highest BCUT2D eigenvalue weighted by molar-refractivity contribution is 5.81. The lowest BCUT2D eigenvalue weighted by atomic mass is 9.94. The smallest absolute Gasteiger partial charge is 0.134 e. The topological polar surface area (TPSA) is 51.2 Å². The van der Waals surface area contributed by atoms with Crippen LogP contribution in [0, 0.1) is 5.92 Å². The summed E-state index contributed by atoms with van der Waals surface area (Å²) in [5.74, 6) is 6.31. The van der Waals surface area contributed by atoms with Crippen LogP contribution in [0.25, 0.3) is 11.0 Å². The summed E-state index contributed by atoms with van der Waals surface area (Å²) in [4.78, 5) is 0. The molecule has 0 saturated heterocycles. The van der Waals surface area contributed by atoms with Gasteiger partial charge in [-0.3, -0.25) is 11.3 Å². The number of nitrogens with two attached hydrogens (primary N) is 1. The highest BCUT2D eigenvalue weighted by atomic mass is 16.3. The first-order valence-corrected chi connectivity index (χ1v) is 6.18. The van der Waals surface area contributed by atoms with Crippen LogP contribution < -0.4 is 11.3 Å². The van der Waals surface area contributed by atoms with E-state index < -0.39 is 0 Å². The third-order valence-corrected chi connectivity index (χ3v) is 3.42. The van der Waals surface area contributed by atoms with Crippen LogP contribution in [-0.4, -0.2) is 0 Å². The van der Waals surface area contributed by atoms with E-state index in [1.807, 2.05) is 24.5 Å². The van der Waals surface area contributed by atoms with Gasteiger partial charge in [-0.1, -0.05) is 38.5 Å². The summed E-state index contributed by atoms with van der Waals surface area (Å²) in [6.07, 6.45) is 4.00. The summed E-state index contributed by atoms with van der Waals surface area (Å²) < 4.78 is 5.55. The lowest BCUT2D eigenvalue weighted by Gasteiger charge is -2.18. The highest BCUT2D eigenvalue weighted by Gasteiger charge is 2.17. The summed E-state index contributed by atoms with van der Waals surface area (Å²) in [6.45, 7) is 4.44.